The first kappa shape index (κ1) is 17.9. The third-order valence-electron chi connectivity index (χ3n) is 3.66. The molecular formula is C15H14N2O5S3. The van der Waals surface area contributed by atoms with Crippen molar-refractivity contribution in [1.29, 1.82) is 0 Å². The molecule has 1 N–H and O–H groups in total. The average Bonchev–Trinajstić information content (AvgIpc) is 3.21. The Morgan fingerprint density at radius 1 is 1.56 bits per heavy atom. The quantitative estimate of drug-likeness (QED) is 0.603. The summed E-state index contributed by atoms with van der Waals surface area (Å²) in [6, 6.07) is 1.95. The Morgan fingerprint density at radius 3 is 2.92 bits per heavy atom. The van der Waals surface area contributed by atoms with Crippen molar-refractivity contribution in [3.63, 3.8) is 0 Å². The van der Waals surface area contributed by atoms with Gasteiger partial charge in [-0.25, -0.2) is 8.42 Å². The van der Waals surface area contributed by atoms with Crippen molar-refractivity contribution in [2.24, 2.45) is 0 Å². The van der Waals surface area contributed by atoms with Crippen molar-refractivity contribution < 1.29 is 22.4 Å². The first-order valence-electron chi connectivity index (χ1n) is 7.29. The smallest absolute Gasteiger partial charge is 0.267 e. The predicted molar refractivity (Wildman–Crippen MR) is 98.0 cm³/mol. The lowest BCUT2D eigenvalue weighted by molar-refractivity contribution is -0.132. The fourth-order valence-electron chi connectivity index (χ4n) is 2.40. The van der Waals surface area contributed by atoms with Crippen LogP contribution in [0.3, 0.4) is 0 Å². The van der Waals surface area contributed by atoms with Crippen LogP contribution >= 0.6 is 24.0 Å². The number of carbonyl (C=O) groups excluding carboxylic acids is 2. The Bertz CT molecular complexity index is 886. The molecule has 132 valence electrons. The van der Waals surface area contributed by atoms with Crippen molar-refractivity contribution in [2.75, 3.05) is 5.75 Å². The van der Waals surface area contributed by atoms with E-state index in [1.807, 2.05) is 0 Å². The van der Waals surface area contributed by atoms with Crippen LogP contribution in [0, 0.1) is 0 Å². The molecule has 2 unspecified atom stereocenters. The number of hydrogen-bond acceptors (Lipinski definition) is 7. The first-order valence-corrected chi connectivity index (χ1v) is 10.2. The molecule has 2 aliphatic heterocycles. The van der Waals surface area contributed by atoms with E-state index in [-0.39, 0.29) is 16.0 Å². The molecule has 0 aromatic carbocycles. The number of nitrogens with one attached hydrogen (secondary N) is 1. The summed E-state index contributed by atoms with van der Waals surface area (Å²) < 4.78 is 28.3. The molecule has 0 bridgehead atoms. The number of amides is 2. The summed E-state index contributed by atoms with van der Waals surface area (Å²) in [5, 5.41) is 3.68. The lowest BCUT2D eigenvalue weighted by Crippen LogP contribution is -2.49. The zero-order chi connectivity index (χ0) is 18.2. The van der Waals surface area contributed by atoms with E-state index in [1.54, 1.807) is 25.1 Å². The van der Waals surface area contributed by atoms with E-state index in [4.69, 9.17) is 16.6 Å². The topological polar surface area (TPSA) is 96.7 Å². The summed E-state index contributed by atoms with van der Waals surface area (Å²) in [4.78, 5) is 26.5. The third-order valence-corrected chi connectivity index (χ3v) is 6.39. The minimum absolute atomic E-state index is 0.178. The van der Waals surface area contributed by atoms with Gasteiger partial charge in [-0.1, -0.05) is 24.0 Å². The molecule has 7 nitrogen and oxygen atoms in total. The van der Waals surface area contributed by atoms with Crippen LogP contribution in [-0.4, -0.2) is 47.3 Å². The highest BCUT2D eigenvalue weighted by molar-refractivity contribution is 8.26. The van der Waals surface area contributed by atoms with Crippen LogP contribution in [0.4, 0.5) is 0 Å². The van der Waals surface area contributed by atoms with E-state index in [0.717, 1.165) is 17.2 Å². The maximum atomic E-state index is 12.5. The standard InChI is InChI=1S/C15H14N2O5S3/c1-9(13(18)16-10-4-6-25(20,21)8-10)17-14(19)12(24-15(17)23)7-11-3-2-5-22-11/h2-7,9-10H,8H2,1H3,(H,16,18). The van der Waals surface area contributed by atoms with Gasteiger partial charge in [0.05, 0.1) is 23.0 Å². The predicted octanol–water partition coefficient (Wildman–Crippen LogP) is 1.30. The van der Waals surface area contributed by atoms with E-state index in [1.165, 1.54) is 17.2 Å². The molecule has 2 aliphatic rings. The monoisotopic (exact) mass is 398 g/mol. The van der Waals surface area contributed by atoms with Gasteiger partial charge in [0.1, 0.15) is 16.1 Å². The highest BCUT2D eigenvalue weighted by atomic mass is 32.2. The van der Waals surface area contributed by atoms with Crippen LogP contribution < -0.4 is 5.32 Å². The summed E-state index contributed by atoms with van der Waals surface area (Å²) in [5.74, 6) is -0.521. The van der Waals surface area contributed by atoms with Gasteiger partial charge in [-0.15, -0.1) is 0 Å². The second kappa shape index (κ2) is 6.77. The molecule has 3 rings (SSSR count). The van der Waals surface area contributed by atoms with Crippen LogP contribution in [0.15, 0.2) is 39.2 Å². The van der Waals surface area contributed by atoms with Crippen LogP contribution in [-0.2, 0) is 19.4 Å². The Labute approximate surface area is 154 Å². The lowest BCUT2D eigenvalue weighted by atomic mass is 10.2. The molecule has 1 saturated heterocycles. The van der Waals surface area contributed by atoms with Gasteiger partial charge in [0.25, 0.3) is 5.91 Å². The Kier molecular flexibility index (Phi) is 4.85. The molecular weight excluding hydrogens is 384 g/mol. The van der Waals surface area contributed by atoms with E-state index < -0.39 is 27.8 Å². The number of nitrogens with zero attached hydrogens (tertiary/aromatic N) is 1. The molecule has 0 saturated carbocycles. The SMILES string of the molecule is CC(C(=O)NC1C=CS(=O)(=O)C1)N1C(=O)C(=Cc2ccco2)SC1=S. The van der Waals surface area contributed by atoms with Crippen LogP contribution in [0.25, 0.3) is 6.08 Å². The van der Waals surface area contributed by atoms with Crippen molar-refractivity contribution in [1.82, 2.24) is 10.2 Å². The maximum Gasteiger partial charge on any atom is 0.267 e. The summed E-state index contributed by atoms with van der Waals surface area (Å²) in [6.45, 7) is 1.54. The average molecular weight is 398 g/mol. The van der Waals surface area contributed by atoms with Crippen molar-refractivity contribution in [3.8, 4) is 0 Å². The fourth-order valence-corrected chi connectivity index (χ4v) is 5.04. The lowest BCUT2D eigenvalue weighted by Gasteiger charge is -2.23. The molecule has 2 amide bonds. The number of rotatable bonds is 4. The highest BCUT2D eigenvalue weighted by Crippen LogP contribution is 2.34. The number of carbonyl (C=O) groups is 2. The number of thiocarbonyl (C=S) groups is 1. The van der Waals surface area contributed by atoms with Gasteiger partial charge in [0, 0.05) is 11.5 Å². The second-order valence-electron chi connectivity index (χ2n) is 5.52. The van der Waals surface area contributed by atoms with Gasteiger partial charge >= 0.3 is 0 Å². The number of sulfone groups is 1. The number of hydrogen-bond donors (Lipinski definition) is 1. The fraction of sp³-hybridized carbons (Fsp3) is 0.267. The molecule has 0 spiro atoms. The van der Waals surface area contributed by atoms with E-state index in [2.05, 4.69) is 5.32 Å². The number of thioether (sulfide) groups is 1. The molecule has 10 heteroatoms. The molecule has 0 radical (unpaired) electrons. The Hall–Kier alpha value is -1.91. The van der Waals surface area contributed by atoms with Gasteiger partial charge in [-0.05, 0) is 25.1 Å². The molecule has 3 heterocycles. The Balaban J connectivity index is 1.70. The summed E-state index contributed by atoms with van der Waals surface area (Å²) in [7, 11) is -3.27. The van der Waals surface area contributed by atoms with Crippen LogP contribution in [0.2, 0.25) is 0 Å². The molecule has 0 aliphatic carbocycles. The summed E-state index contributed by atoms with van der Waals surface area (Å²) >= 11 is 6.30. The highest BCUT2D eigenvalue weighted by Gasteiger charge is 2.39. The van der Waals surface area contributed by atoms with Gasteiger partial charge in [0.15, 0.2) is 9.84 Å². The molecule has 25 heavy (non-hydrogen) atoms. The van der Waals surface area contributed by atoms with Gasteiger partial charge in [-0.2, -0.15) is 0 Å². The largest absolute Gasteiger partial charge is 0.465 e. The molecule has 1 fully saturated rings. The van der Waals surface area contributed by atoms with E-state index >= 15 is 0 Å². The van der Waals surface area contributed by atoms with Crippen LogP contribution in [0.1, 0.15) is 12.7 Å². The maximum absolute atomic E-state index is 12.5. The van der Waals surface area contributed by atoms with Crippen LogP contribution in [0.5, 0.6) is 0 Å². The Morgan fingerprint density at radius 2 is 2.32 bits per heavy atom. The van der Waals surface area contributed by atoms with Gasteiger partial charge < -0.3 is 9.73 Å². The van der Waals surface area contributed by atoms with Crippen molar-refractivity contribution in [3.05, 3.63) is 40.5 Å². The minimum Gasteiger partial charge on any atom is -0.465 e. The summed E-state index contributed by atoms with van der Waals surface area (Å²) in [6.07, 6.45) is 4.48. The van der Waals surface area contributed by atoms with E-state index in [9.17, 15) is 18.0 Å². The van der Waals surface area contributed by atoms with Crippen molar-refractivity contribution in [2.45, 2.75) is 19.0 Å². The third kappa shape index (κ3) is 3.86. The second-order valence-corrected chi connectivity index (χ2v) is 9.12. The van der Waals surface area contributed by atoms with Gasteiger partial charge in [-0.3, -0.25) is 14.5 Å². The molecule has 1 aromatic rings. The zero-order valence-corrected chi connectivity index (χ0v) is 15.5. The van der Waals surface area contributed by atoms with E-state index in [0.29, 0.717) is 10.7 Å². The first-order chi connectivity index (χ1) is 11.8. The summed E-state index contributed by atoms with van der Waals surface area (Å²) in [5.41, 5.74) is 0. The van der Waals surface area contributed by atoms with Crippen molar-refractivity contribution >= 4 is 56.0 Å². The zero-order valence-electron chi connectivity index (χ0n) is 13.0. The molecule has 2 atom stereocenters. The normalized spacial score (nSPS) is 24.9. The molecule has 1 aromatic heterocycles. The number of furan rings is 1. The van der Waals surface area contributed by atoms with Gasteiger partial charge in [0.2, 0.25) is 5.91 Å². The minimum atomic E-state index is -3.27.